The highest BCUT2D eigenvalue weighted by atomic mass is 35.5. The van der Waals surface area contributed by atoms with Crippen molar-refractivity contribution in [1.29, 1.82) is 0 Å². The van der Waals surface area contributed by atoms with E-state index < -0.39 is 0 Å². The number of nitrogens with zero attached hydrogens (tertiary/aromatic N) is 2. The number of likely N-dealkylation sites (N-methyl/N-ethyl adjacent to an activating group) is 1. The lowest BCUT2D eigenvalue weighted by Crippen LogP contribution is -2.33. The highest BCUT2D eigenvalue weighted by Gasteiger charge is 2.11. The molecular formula is C21H22ClN3O2. The van der Waals surface area contributed by atoms with E-state index in [1.165, 1.54) is 0 Å². The number of aryl methyl sites for hydroxylation is 1. The summed E-state index contributed by atoms with van der Waals surface area (Å²) < 4.78 is 5.40. The summed E-state index contributed by atoms with van der Waals surface area (Å²) in [5, 5.41) is 7.79. The molecule has 0 unspecified atom stereocenters. The lowest BCUT2D eigenvalue weighted by Gasteiger charge is -2.17. The fourth-order valence-electron chi connectivity index (χ4n) is 2.70. The van der Waals surface area contributed by atoms with Gasteiger partial charge in [-0.05, 0) is 18.6 Å². The van der Waals surface area contributed by atoms with Crippen LogP contribution in [0.25, 0.3) is 11.3 Å². The molecule has 1 heterocycles. The smallest absolute Gasteiger partial charge is 0.241 e. The van der Waals surface area contributed by atoms with Crippen LogP contribution in [0.15, 0.2) is 65.2 Å². The summed E-state index contributed by atoms with van der Waals surface area (Å²) in [5.74, 6) is 0.835. The van der Waals surface area contributed by atoms with Gasteiger partial charge < -0.3 is 14.7 Å². The number of anilines is 1. The van der Waals surface area contributed by atoms with E-state index in [0.29, 0.717) is 11.6 Å². The summed E-state index contributed by atoms with van der Waals surface area (Å²) in [6.45, 7) is 0.852. The van der Waals surface area contributed by atoms with Crippen molar-refractivity contribution in [2.24, 2.45) is 0 Å². The molecule has 0 radical (unpaired) electrons. The van der Waals surface area contributed by atoms with E-state index >= 15 is 0 Å². The molecule has 0 saturated heterocycles. The minimum atomic E-state index is 0.0115. The molecule has 0 aliphatic carbocycles. The molecule has 3 rings (SSSR count). The van der Waals surface area contributed by atoms with E-state index in [1.54, 1.807) is 18.0 Å². The van der Waals surface area contributed by atoms with Crippen molar-refractivity contribution in [3.63, 3.8) is 0 Å². The summed E-state index contributed by atoms with van der Waals surface area (Å²) in [7, 11) is 1.80. The lowest BCUT2D eigenvalue weighted by molar-refractivity contribution is -0.128. The fraction of sp³-hybridized carbons (Fsp3) is 0.238. The van der Waals surface area contributed by atoms with Crippen molar-refractivity contribution in [2.75, 3.05) is 25.5 Å². The van der Waals surface area contributed by atoms with Crippen LogP contribution in [0, 0.1) is 0 Å². The van der Waals surface area contributed by atoms with Crippen LogP contribution < -0.4 is 5.32 Å². The van der Waals surface area contributed by atoms with Crippen LogP contribution in [-0.4, -0.2) is 36.1 Å². The Labute approximate surface area is 163 Å². The molecule has 140 valence electrons. The van der Waals surface area contributed by atoms with Gasteiger partial charge in [0, 0.05) is 31.6 Å². The Balaban J connectivity index is 1.43. The van der Waals surface area contributed by atoms with Gasteiger partial charge in [-0.2, -0.15) is 0 Å². The molecule has 27 heavy (non-hydrogen) atoms. The second kappa shape index (κ2) is 9.24. The zero-order valence-corrected chi connectivity index (χ0v) is 15.9. The van der Waals surface area contributed by atoms with Crippen molar-refractivity contribution in [3.8, 4) is 11.3 Å². The SMILES string of the molecule is CN(CCCc1cc(-c2ccccc2)no1)C(=O)CNc1ccccc1Cl. The van der Waals surface area contributed by atoms with E-state index in [4.69, 9.17) is 16.1 Å². The number of hydrogen-bond donors (Lipinski definition) is 1. The quantitative estimate of drug-likeness (QED) is 0.622. The third-order valence-electron chi connectivity index (χ3n) is 4.27. The molecule has 3 aromatic rings. The third kappa shape index (κ3) is 5.34. The normalized spacial score (nSPS) is 10.6. The molecule has 1 N–H and O–H groups in total. The zero-order chi connectivity index (χ0) is 19.1. The number of para-hydroxylation sites is 1. The maximum Gasteiger partial charge on any atom is 0.241 e. The number of benzene rings is 2. The van der Waals surface area contributed by atoms with Gasteiger partial charge in [-0.25, -0.2) is 0 Å². The molecule has 0 aliphatic rings. The molecule has 6 heteroatoms. The molecule has 0 atom stereocenters. The van der Waals surface area contributed by atoms with Crippen LogP contribution in [-0.2, 0) is 11.2 Å². The van der Waals surface area contributed by atoms with Gasteiger partial charge in [0.15, 0.2) is 0 Å². The Hall–Kier alpha value is -2.79. The van der Waals surface area contributed by atoms with E-state index in [0.717, 1.165) is 35.5 Å². The number of halogens is 1. The van der Waals surface area contributed by atoms with Crippen LogP contribution in [0.3, 0.4) is 0 Å². The summed E-state index contributed by atoms with van der Waals surface area (Å²) in [6.07, 6.45) is 1.53. The van der Waals surface area contributed by atoms with Gasteiger partial charge in [-0.15, -0.1) is 0 Å². The van der Waals surface area contributed by atoms with Gasteiger partial charge in [0.2, 0.25) is 5.91 Å². The number of nitrogens with one attached hydrogen (secondary N) is 1. The van der Waals surface area contributed by atoms with Crippen molar-refractivity contribution in [3.05, 3.63) is 71.4 Å². The molecule has 5 nitrogen and oxygen atoms in total. The maximum atomic E-state index is 12.2. The van der Waals surface area contributed by atoms with Crippen LogP contribution in [0.2, 0.25) is 5.02 Å². The number of aromatic nitrogens is 1. The number of amides is 1. The Morgan fingerprint density at radius 2 is 1.89 bits per heavy atom. The monoisotopic (exact) mass is 383 g/mol. The topological polar surface area (TPSA) is 58.4 Å². The van der Waals surface area contributed by atoms with Crippen LogP contribution >= 0.6 is 11.6 Å². The number of hydrogen-bond acceptors (Lipinski definition) is 4. The molecule has 2 aromatic carbocycles. The highest BCUT2D eigenvalue weighted by molar-refractivity contribution is 6.33. The molecule has 0 fully saturated rings. The first-order chi connectivity index (χ1) is 13.1. The first-order valence-electron chi connectivity index (χ1n) is 8.87. The van der Waals surface area contributed by atoms with Gasteiger partial charge in [0.1, 0.15) is 11.5 Å². The minimum absolute atomic E-state index is 0.0115. The molecule has 0 bridgehead atoms. The summed E-state index contributed by atoms with van der Waals surface area (Å²) in [4.78, 5) is 14.0. The predicted octanol–water partition coefficient (Wildman–Crippen LogP) is 4.50. The Morgan fingerprint density at radius 3 is 2.67 bits per heavy atom. The first-order valence-corrected chi connectivity index (χ1v) is 9.24. The van der Waals surface area contributed by atoms with Crippen molar-refractivity contribution in [1.82, 2.24) is 10.1 Å². The average Bonchev–Trinajstić information content (AvgIpc) is 3.16. The van der Waals surface area contributed by atoms with Crippen LogP contribution in [0.4, 0.5) is 5.69 Å². The van der Waals surface area contributed by atoms with Crippen LogP contribution in [0.5, 0.6) is 0 Å². The number of rotatable bonds is 8. The van der Waals surface area contributed by atoms with E-state index in [1.807, 2.05) is 54.6 Å². The second-order valence-electron chi connectivity index (χ2n) is 6.30. The Bertz CT molecular complexity index is 880. The standard InChI is InChI=1S/C21H22ClN3O2/c1-25(21(26)15-23-19-12-6-5-11-18(19)22)13-7-10-17-14-20(24-27-17)16-8-3-2-4-9-16/h2-6,8-9,11-12,14,23H,7,10,13,15H2,1H3. The molecular weight excluding hydrogens is 362 g/mol. The molecule has 0 aliphatic heterocycles. The van der Waals surface area contributed by atoms with E-state index in [9.17, 15) is 4.79 Å². The molecule has 1 aromatic heterocycles. The second-order valence-corrected chi connectivity index (χ2v) is 6.70. The predicted molar refractivity (Wildman–Crippen MR) is 108 cm³/mol. The third-order valence-corrected chi connectivity index (χ3v) is 4.60. The maximum absolute atomic E-state index is 12.2. The number of carbonyl (C=O) groups excluding carboxylic acids is 1. The van der Waals surface area contributed by atoms with E-state index in [2.05, 4.69) is 10.5 Å². The summed E-state index contributed by atoms with van der Waals surface area (Å²) in [5.41, 5.74) is 2.63. The molecule has 0 spiro atoms. The highest BCUT2D eigenvalue weighted by Crippen LogP contribution is 2.20. The lowest BCUT2D eigenvalue weighted by atomic mass is 10.1. The fourth-order valence-corrected chi connectivity index (χ4v) is 2.90. The van der Waals surface area contributed by atoms with Gasteiger partial charge in [-0.3, -0.25) is 4.79 Å². The Morgan fingerprint density at radius 1 is 1.15 bits per heavy atom. The average molecular weight is 384 g/mol. The van der Waals surface area contributed by atoms with Gasteiger partial charge in [-0.1, -0.05) is 59.2 Å². The van der Waals surface area contributed by atoms with Gasteiger partial charge in [0.05, 0.1) is 17.3 Å². The van der Waals surface area contributed by atoms with Gasteiger partial charge >= 0.3 is 0 Å². The van der Waals surface area contributed by atoms with Crippen LogP contribution in [0.1, 0.15) is 12.2 Å². The van der Waals surface area contributed by atoms with Gasteiger partial charge in [0.25, 0.3) is 0 Å². The minimum Gasteiger partial charge on any atom is -0.375 e. The Kier molecular flexibility index (Phi) is 6.49. The molecule has 1 amide bonds. The summed E-state index contributed by atoms with van der Waals surface area (Å²) >= 11 is 6.08. The first kappa shape index (κ1) is 19.0. The molecule has 0 saturated carbocycles. The largest absolute Gasteiger partial charge is 0.375 e. The zero-order valence-electron chi connectivity index (χ0n) is 15.2. The van der Waals surface area contributed by atoms with Crippen molar-refractivity contribution < 1.29 is 9.32 Å². The number of carbonyl (C=O) groups is 1. The van der Waals surface area contributed by atoms with E-state index in [-0.39, 0.29) is 12.5 Å². The summed E-state index contributed by atoms with van der Waals surface area (Å²) in [6, 6.07) is 19.2. The van der Waals surface area contributed by atoms with Crippen molar-refractivity contribution >= 4 is 23.2 Å². The van der Waals surface area contributed by atoms with Crippen molar-refractivity contribution in [2.45, 2.75) is 12.8 Å².